The molecule has 0 unspecified atom stereocenters. The van der Waals surface area contributed by atoms with E-state index in [0.29, 0.717) is 21.3 Å². The van der Waals surface area contributed by atoms with Crippen molar-refractivity contribution in [3.8, 4) is 0 Å². The number of nitrogens with zero attached hydrogens (tertiary/aromatic N) is 1. The molecule has 96 valence electrons. The number of hydrogen-bond acceptors (Lipinski definition) is 3. The van der Waals surface area contributed by atoms with E-state index in [-0.39, 0.29) is 22.8 Å². The molecule has 0 bridgehead atoms. The van der Waals surface area contributed by atoms with Gasteiger partial charge < -0.3 is 0 Å². The van der Waals surface area contributed by atoms with Crippen molar-refractivity contribution in [1.29, 1.82) is 0 Å². The summed E-state index contributed by atoms with van der Waals surface area (Å²) in [5.41, 5.74) is 1.46. The first-order valence-electron chi connectivity index (χ1n) is 5.40. The average molecular weight is 338 g/mol. The number of fused-ring (bicyclic) bond motifs is 1. The standard InChI is InChI=1S/C14H8FNOS.BrH/c15-14-16-12-10(7-4-8-11(12)18-14)13(17)9-5-2-1-3-6-9;/h1-8H;1H. The van der Waals surface area contributed by atoms with Crippen molar-refractivity contribution in [2.75, 3.05) is 0 Å². The quantitative estimate of drug-likeness (QED) is 0.654. The average Bonchev–Trinajstić information content (AvgIpc) is 2.79. The molecule has 3 aromatic rings. The molecule has 2 aromatic carbocycles. The van der Waals surface area contributed by atoms with Crippen LogP contribution in [0.3, 0.4) is 0 Å². The van der Waals surface area contributed by atoms with E-state index in [1.54, 1.807) is 42.5 Å². The molecule has 3 rings (SSSR count). The van der Waals surface area contributed by atoms with Gasteiger partial charge in [-0.3, -0.25) is 4.79 Å². The molecule has 0 atom stereocenters. The third kappa shape index (κ3) is 2.57. The summed E-state index contributed by atoms with van der Waals surface area (Å²) in [5, 5.41) is -0.515. The molecule has 0 amide bonds. The second-order valence-electron chi connectivity index (χ2n) is 3.81. The Balaban J connectivity index is 0.00000133. The Kier molecular flexibility index (Phi) is 4.07. The zero-order valence-electron chi connectivity index (χ0n) is 9.67. The minimum Gasteiger partial charge on any atom is -0.289 e. The molecular weight excluding hydrogens is 329 g/mol. The molecule has 0 spiro atoms. The number of rotatable bonds is 2. The van der Waals surface area contributed by atoms with Gasteiger partial charge in [0.25, 0.3) is 5.26 Å². The number of carbonyl (C=O) groups is 1. The molecule has 2 nitrogen and oxygen atoms in total. The molecule has 0 radical (unpaired) electrons. The maximum Gasteiger partial charge on any atom is 0.270 e. The zero-order valence-corrected chi connectivity index (χ0v) is 12.2. The van der Waals surface area contributed by atoms with Crippen LogP contribution in [-0.2, 0) is 0 Å². The summed E-state index contributed by atoms with van der Waals surface area (Å²) in [4.78, 5) is 16.1. The summed E-state index contributed by atoms with van der Waals surface area (Å²) in [7, 11) is 0. The van der Waals surface area contributed by atoms with Gasteiger partial charge in [-0.15, -0.1) is 17.0 Å². The van der Waals surface area contributed by atoms with Crippen LogP contribution in [0, 0.1) is 5.26 Å². The minimum atomic E-state index is -0.515. The van der Waals surface area contributed by atoms with Crippen LogP contribution in [0.2, 0.25) is 0 Å². The molecule has 0 saturated heterocycles. The van der Waals surface area contributed by atoms with Crippen LogP contribution in [0.1, 0.15) is 15.9 Å². The normalized spacial score (nSPS) is 10.2. The molecule has 0 aliphatic carbocycles. The van der Waals surface area contributed by atoms with Crippen molar-refractivity contribution in [3.63, 3.8) is 0 Å². The molecular formula is C14H9BrFNOS. The van der Waals surface area contributed by atoms with E-state index in [2.05, 4.69) is 4.98 Å². The number of para-hydroxylation sites is 1. The lowest BCUT2D eigenvalue weighted by atomic mass is 10.0. The number of thiazole rings is 1. The molecule has 1 heterocycles. The zero-order chi connectivity index (χ0) is 12.5. The lowest BCUT2D eigenvalue weighted by molar-refractivity contribution is 0.104. The summed E-state index contributed by atoms with van der Waals surface area (Å²) in [6.07, 6.45) is 0. The molecule has 0 N–H and O–H groups in total. The van der Waals surface area contributed by atoms with Gasteiger partial charge in [-0.2, -0.15) is 4.39 Å². The van der Waals surface area contributed by atoms with Gasteiger partial charge in [-0.05, 0) is 12.1 Å². The van der Waals surface area contributed by atoms with Crippen LogP contribution >= 0.6 is 28.3 Å². The first-order valence-corrected chi connectivity index (χ1v) is 6.22. The van der Waals surface area contributed by atoms with Crippen LogP contribution < -0.4 is 0 Å². The van der Waals surface area contributed by atoms with Crippen molar-refractivity contribution < 1.29 is 9.18 Å². The van der Waals surface area contributed by atoms with Gasteiger partial charge in [0.05, 0.1) is 10.2 Å². The van der Waals surface area contributed by atoms with Gasteiger partial charge in [0, 0.05) is 11.1 Å². The largest absolute Gasteiger partial charge is 0.289 e. The highest BCUT2D eigenvalue weighted by molar-refractivity contribution is 8.93. The van der Waals surface area contributed by atoms with E-state index >= 15 is 0 Å². The smallest absolute Gasteiger partial charge is 0.270 e. The Morgan fingerprint density at radius 3 is 2.53 bits per heavy atom. The highest BCUT2D eigenvalue weighted by Gasteiger charge is 2.15. The summed E-state index contributed by atoms with van der Waals surface area (Å²) in [5.74, 6) is -0.133. The van der Waals surface area contributed by atoms with E-state index in [4.69, 9.17) is 0 Å². The fourth-order valence-electron chi connectivity index (χ4n) is 1.85. The Morgan fingerprint density at radius 2 is 1.79 bits per heavy atom. The monoisotopic (exact) mass is 337 g/mol. The van der Waals surface area contributed by atoms with Gasteiger partial charge in [0.2, 0.25) is 0 Å². The van der Waals surface area contributed by atoms with Crippen LogP contribution in [-0.4, -0.2) is 10.8 Å². The predicted octanol–water partition coefficient (Wildman–Crippen LogP) is 4.24. The molecule has 0 aliphatic heterocycles. The topological polar surface area (TPSA) is 30.0 Å². The Bertz CT molecular complexity index is 727. The van der Waals surface area contributed by atoms with Gasteiger partial charge >= 0.3 is 0 Å². The fraction of sp³-hybridized carbons (Fsp3) is 0. The minimum absolute atomic E-state index is 0. The first-order chi connectivity index (χ1) is 8.75. The first kappa shape index (κ1) is 13.8. The van der Waals surface area contributed by atoms with E-state index < -0.39 is 5.26 Å². The van der Waals surface area contributed by atoms with Crippen LogP contribution in [0.15, 0.2) is 48.5 Å². The Hall–Kier alpha value is -1.59. The number of ketones is 1. The number of aromatic nitrogens is 1. The molecule has 1 aromatic heterocycles. The molecule has 0 saturated carbocycles. The second kappa shape index (κ2) is 5.59. The highest BCUT2D eigenvalue weighted by Crippen LogP contribution is 2.25. The van der Waals surface area contributed by atoms with Crippen molar-refractivity contribution >= 4 is 44.3 Å². The van der Waals surface area contributed by atoms with Crippen LogP contribution in [0.5, 0.6) is 0 Å². The number of hydrogen-bond donors (Lipinski definition) is 0. The summed E-state index contributed by atoms with van der Waals surface area (Å²) in [6, 6.07) is 14.1. The third-order valence-electron chi connectivity index (χ3n) is 2.67. The number of carbonyl (C=O) groups excluding carboxylic acids is 1. The lowest BCUT2D eigenvalue weighted by Gasteiger charge is -2.01. The molecule has 0 aliphatic rings. The van der Waals surface area contributed by atoms with Gasteiger partial charge in [-0.1, -0.05) is 47.7 Å². The molecule has 5 heteroatoms. The van der Waals surface area contributed by atoms with Crippen LogP contribution in [0.25, 0.3) is 10.2 Å². The molecule has 19 heavy (non-hydrogen) atoms. The van der Waals surface area contributed by atoms with E-state index in [1.165, 1.54) is 0 Å². The fourth-order valence-corrected chi connectivity index (χ4v) is 2.57. The van der Waals surface area contributed by atoms with Crippen molar-refractivity contribution in [2.24, 2.45) is 0 Å². The summed E-state index contributed by atoms with van der Waals surface area (Å²) >= 11 is 0.949. The maximum absolute atomic E-state index is 13.2. The van der Waals surface area contributed by atoms with Crippen LogP contribution in [0.4, 0.5) is 4.39 Å². The van der Waals surface area contributed by atoms with Gasteiger partial charge in [0.1, 0.15) is 0 Å². The van der Waals surface area contributed by atoms with Gasteiger partial charge in [-0.25, -0.2) is 4.98 Å². The lowest BCUT2D eigenvalue weighted by Crippen LogP contribution is -2.01. The van der Waals surface area contributed by atoms with Gasteiger partial charge in [0.15, 0.2) is 5.78 Å². The Labute approximate surface area is 123 Å². The van der Waals surface area contributed by atoms with E-state index in [0.717, 1.165) is 11.3 Å². The third-order valence-corrected chi connectivity index (χ3v) is 3.48. The van der Waals surface area contributed by atoms with E-state index in [9.17, 15) is 9.18 Å². The van der Waals surface area contributed by atoms with Crippen molar-refractivity contribution in [1.82, 2.24) is 4.98 Å². The highest BCUT2D eigenvalue weighted by atomic mass is 79.9. The number of halogens is 2. The molecule has 0 fully saturated rings. The predicted molar refractivity (Wildman–Crippen MR) is 79.8 cm³/mol. The summed E-state index contributed by atoms with van der Waals surface area (Å²) in [6.45, 7) is 0. The van der Waals surface area contributed by atoms with Crippen molar-refractivity contribution in [3.05, 3.63) is 64.9 Å². The second-order valence-corrected chi connectivity index (χ2v) is 4.80. The Morgan fingerprint density at radius 1 is 1.05 bits per heavy atom. The summed E-state index contributed by atoms with van der Waals surface area (Å²) < 4.78 is 13.9. The van der Waals surface area contributed by atoms with Crippen molar-refractivity contribution in [2.45, 2.75) is 0 Å². The number of benzene rings is 2. The SMILES string of the molecule is Br.O=C(c1ccccc1)c1cccc2sc(F)nc12. The maximum atomic E-state index is 13.2. The van der Waals surface area contributed by atoms with E-state index in [1.807, 2.05) is 6.07 Å².